The van der Waals surface area contributed by atoms with E-state index in [-0.39, 0.29) is 34.0 Å². The van der Waals surface area contributed by atoms with Crippen LogP contribution in [0.5, 0.6) is 11.5 Å². The van der Waals surface area contributed by atoms with Crippen molar-refractivity contribution in [3.8, 4) is 39.6 Å². The van der Waals surface area contributed by atoms with Gasteiger partial charge in [-0.15, -0.1) is 0 Å². The lowest BCUT2D eigenvalue weighted by Gasteiger charge is -2.29. The van der Waals surface area contributed by atoms with Gasteiger partial charge in [-0.3, -0.25) is 4.57 Å². The summed E-state index contributed by atoms with van der Waals surface area (Å²) >= 11 is 0. The molecule has 0 radical (unpaired) electrons. The molecule has 0 bridgehead atoms. The SMILES string of the molecule is [2H]c1c([2H])c([2H])c(-c2cc(Oc3ccc4c5ccccc5n(-c5cc(-c6ccccc6)c(C([2H])([2H])[2H])cn5)c4c3)cc(N3CN(c4cc(C(C)(C)C)cc(C(C)(C)C)c4)c4ccccc43)c2)c([2H])c1[2H]. The first-order chi connectivity index (χ1) is 33.2. The topological polar surface area (TPSA) is 33.5 Å². The number of hydrogen-bond acceptors (Lipinski definition) is 4. The van der Waals surface area contributed by atoms with Gasteiger partial charge in [0.1, 0.15) is 24.0 Å². The molecule has 1 aliphatic heterocycles. The zero-order chi connectivity index (χ0) is 49.6. The largest absolute Gasteiger partial charge is 0.457 e. The van der Waals surface area contributed by atoms with Crippen molar-refractivity contribution in [1.82, 2.24) is 9.55 Å². The Balaban J connectivity index is 1.13. The van der Waals surface area contributed by atoms with E-state index in [9.17, 15) is 0 Å². The average Bonchev–Trinajstić information content (AvgIpc) is 3.88. The number of pyridine rings is 1. The van der Waals surface area contributed by atoms with Crippen molar-refractivity contribution in [2.45, 2.75) is 59.2 Å². The number of benzene rings is 7. The van der Waals surface area contributed by atoms with Crippen molar-refractivity contribution in [2.24, 2.45) is 0 Å². The molecule has 0 aliphatic carbocycles. The molecule has 0 saturated heterocycles. The third-order valence-corrected chi connectivity index (χ3v) is 11.8. The lowest BCUT2D eigenvalue weighted by Crippen LogP contribution is -2.25. The molecule has 0 saturated carbocycles. The van der Waals surface area contributed by atoms with E-state index in [4.69, 9.17) is 20.7 Å². The molecule has 0 atom stereocenters. The second-order valence-corrected chi connectivity index (χ2v) is 18.1. The maximum absolute atomic E-state index is 9.04. The summed E-state index contributed by atoms with van der Waals surface area (Å²) in [6, 6.07) is 43.7. The summed E-state index contributed by atoms with van der Waals surface area (Å²) in [7, 11) is 0. The fourth-order valence-corrected chi connectivity index (χ4v) is 8.45. The minimum Gasteiger partial charge on any atom is -0.457 e. The third-order valence-electron chi connectivity index (χ3n) is 11.8. The van der Waals surface area contributed by atoms with Crippen LogP contribution in [0.25, 0.3) is 49.9 Å². The van der Waals surface area contributed by atoms with E-state index in [1.54, 1.807) is 6.07 Å². The van der Waals surface area contributed by atoms with E-state index in [1.165, 1.54) is 17.3 Å². The highest BCUT2D eigenvalue weighted by atomic mass is 16.5. The average molecular weight is 817 g/mol. The minimum atomic E-state index is -2.40. The lowest BCUT2D eigenvalue weighted by molar-refractivity contribution is 0.483. The number of nitrogens with zero attached hydrogens (tertiary/aromatic N) is 4. The Labute approximate surface area is 376 Å². The lowest BCUT2D eigenvalue weighted by atomic mass is 9.80. The molecule has 5 heteroatoms. The monoisotopic (exact) mass is 816 g/mol. The van der Waals surface area contributed by atoms with Crippen molar-refractivity contribution < 1.29 is 15.7 Å². The zero-order valence-corrected chi connectivity index (χ0v) is 35.8. The first kappa shape index (κ1) is 30.8. The van der Waals surface area contributed by atoms with Gasteiger partial charge in [0.2, 0.25) is 0 Å². The number of para-hydroxylation sites is 3. The van der Waals surface area contributed by atoms with Gasteiger partial charge < -0.3 is 14.5 Å². The molecule has 3 heterocycles. The number of ether oxygens (including phenoxy) is 1. The maximum atomic E-state index is 9.04. The molecule has 0 amide bonds. The van der Waals surface area contributed by atoms with Gasteiger partial charge in [-0.05, 0) is 117 Å². The van der Waals surface area contributed by atoms with Crippen molar-refractivity contribution >= 4 is 44.6 Å². The van der Waals surface area contributed by atoms with Crippen LogP contribution in [-0.2, 0) is 10.8 Å². The number of hydrogen-bond donors (Lipinski definition) is 0. The summed E-state index contributed by atoms with van der Waals surface area (Å²) in [6.07, 6.45) is 1.44. The van der Waals surface area contributed by atoms with Crippen LogP contribution in [0.1, 0.15) is 69.2 Å². The van der Waals surface area contributed by atoms with Gasteiger partial charge >= 0.3 is 0 Å². The summed E-state index contributed by atoms with van der Waals surface area (Å²) < 4.78 is 77.6. The molecule has 10 rings (SSSR count). The molecule has 0 spiro atoms. The number of aromatic nitrogens is 2. The van der Waals surface area contributed by atoms with Crippen LogP contribution >= 0.6 is 0 Å². The summed E-state index contributed by atoms with van der Waals surface area (Å²) in [6.45, 7) is 11.4. The summed E-state index contributed by atoms with van der Waals surface area (Å²) in [5.74, 6) is 1.38. The highest BCUT2D eigenvalue weighted by Gasteiger charge is 2.31. The normalized spacial score (nSPS) is 15.0. The minimum absolute atomic E-state index is 0.0612. The Morgan fingerprint density at radius 3 is 1.90 bits per heavy atom. The standard InChI is InChI=1S/C57H52N4O/c1-38-36-58-55(35-50(38)40-20-12-9-13-21-40)61-51-23-15-14-22-48(51)49-27-26-46(34-54(49)61)62-47-29-41(39-18-10-8-11-19-39)28-44(33-47)59-37-60(53-25-17-16-24-52(53)59)45-31-42(56(2,3)4)30-43(32-45)57(5,6)7/h8-36H,37H2,1-7H3/i1D3,8D,10D,11D,18D,19D. The molecule has 2 aromatic heterocycles. The van der Waals surface area contributed by atoms with E-state index in [0.29, 0.717) is 40.8 Å². The molecule has 0 N–H and O–H groups in total. The highest BCUT2D eigenvalue weighted by Crippen LogP contribution is 2.47. The molecule has 0 unspecified atom stereocenters. The fraction of sp³-hybridized carbons (Fsp3) is 0.175. The number of rotatable bonds is 7. The van der Waals surface area contributed by atoms with Gasteiger partial charge in [0.15, 0.2) is 0 Å². The Morgan fingerprint density at radius 2 is 1.21 bits per heavy atom. The second-order valence-electron chi connectivity index (χ2n) is 18.1. The Bertz CT molecular complexity index is 3470. The highest BCUT2D eigenvalue weighted by molar-refractivity contribution is 6.09. The third kappa shape index (κ3) is 7.17. The van der Waals surface area contributed by atoms with Gasteiger partial charge in [0.05, 0.1) is 29.3 Å². The second kappa shape index (κ2) is 15.1. The molecular weight excluding hydrogens is 757 g/mol. The van der Waals surface area contributed by atoms with Gasteiger partial charge in [0, 0.05) is 44.6 Å². The molecule has 306 valence electrons. The van der Waals surface area contributed by atoms with Crippen LogP contribution in [0.3, 0.4) is 0 Å². The van der Waals surface area contributed by atoms with Gasteiger partial charge in [-0.25, -0.2) is 4.98 Å². The Morgan fingerprint density at radius 1 is 0.565 bits per heavy atom. The van der Waals surface area contributed by atoms with E-state index < -0.39 is 25.0 Å². The van der Waals surface area contributed by atoms with E-state index >= 15 is 0 Å². The predicted octanol–water partition coefficient (Wildman–Crippen LogP) is 15.5. The number of aryl methyl sites for hydroxylation is 1. The summed E-state index contributed by atoms with van der Waals surface area (Å²) in [5, 5.41) is 1.90. The van der Waals surface area contributed by atoms with Crippen LogP contribution in [0.4, 0.5) is 22.7 Å². The molecular formula is C57H52N4O. The predicted molar refractivity (Wildman–Crippen MR) is 260 cm³/mol. The van der Waals surface area contributed by atoms with Crippen molar-refractivity contribution in [1.29, 1.82) is 0 Å². The molecule has 7 aromatic carbocycles. The van der Waals surface area contributed by atoms with Crippen LogP contribution < -0.4 is 14.5 Å². The first-order valence-electron chi connectivity index (χ1n) is 25.0. The zero-order valence-electron chi connectivity index (χ0n) is 43.8. The Kier molecular flexibility index (Phi) is 7.52. The number of anilines is 4. The van der Waals surface area contributed by atoms with Crippen molar-refractivity contribution in [3.05, 3.63) is 193 Å². The molecule has 0 fully saturated rings. The van der Waals surface area contributed by atoms with Crippen LogP contribution in [0, 0.1) is 6.85 Å². The molecule has 62 heavy (non-hydrogen) atoms. The van der Waals surface area contributed by atoms with Crippen molar-refractivity contribution in [2.75, 3.05) is 16.5 Å². The number of fused-ring (bicyclic) bond motifs is 4. The summed E-state index contributed by atoms with van der Waals surface area (Å²) in [5.41, 5.74) is 9.46. The smallest absolute Gasteiger partial charge is 0.138 e. The Hall–Kier alpha value is -7.11. The van der Waals surface area contributed by atoms with E-state index in [1.807, 2.05) is 108 Å². The quantitative estimate of drug-likeness (QED) is 0.160. The van der Waals surface area contributed by atoms with Crippen LogP contribution in [0.15, 0.2) is 176 Å². The molecule has 1 aliphatic rings. The van der Waals surface area contributed by atoms with Gasteiger partial charge in [-0.1, -0.05) is 138 Å². The van der Waals surface area contributed by atoms with Gasteiger partial charge in [-0.2, -0.15) is 0 Å². The molecule has 5 nitrogen and oxygen atoms in total. The molecule has 9 aromatic rings. The summed E-state index contributed by atoms with van der Waals surface area (Å²) in [4.78, 5) is 9.24. The van der Waals surface area contributed by atoms with Gasteiger partial charge in [0.25, 0.3) is 0 Å². The van der Waals surface area contributed by atoms with Crippen LogP contribution in [0.2, 0.25) is 0 Å². The van der Waals surface area contributed by atoms with Crippen LogP contribution in [-0.4, -0.2) is 16.2 Å². The maximum Gasteiger partial charge on any atom is 0.138 e. The van der Waals surface area contributed by atoms with E-state index in [2.05, 4.69) is 81.7 Å². The van der Waals surface area contributed by atoms with E-state index in [0.717, 1.165) is 44.4 Å². The first-order valence-corrected chi connectivity index (χ1v) is 21.0. The fourth-order valence-electron chi connectivity index (χ4n) is 8.45. The van der Waals surface area contributed by atoms with Crippen molar-refractivity contribution in [3.63, 3.8) is 0 Å².